The Morgan fingerprint density at radius 1 is 1.59 bits per heavy atom. The third-order valence-corrected chi connectivity index (χ3v) is 2.09. The van der Waals surface area contributed by atoms with Crippen LogP contribution in [0.15, 0.2) is 27.8 Å². The van der Waals surface area contributed by atoms with Gasteiger partial charge in [0.25, 0.3) is 0 Å². The maximum absolute atomic E-state index is 11.4. The van der Waals surface area contributed by atoms with Gasteiger partial charge in [-0.1, -0.05) is 5.16 Å². The van der Waals surface area contributed by atoms with Gasteiger partial charge in [0.05, 0.1) is 6.54 Å². The van der Waals surface area contributed by atoms with E-state index in [4.69, 9.17) is 9.63 Å². The summed E-state index contributed by atoms with van der Waals surface area (Å²) in [5.41, 5.74) is 0.208. The molecule has 1 N–H and O–H groups in total. The van der Waals surface area contributed by atoms with Crippen LogP contribution in [0.4, 0.5) is 0 Å². The van der Waals surface area contributed by atoms with E-state index in [0.717, 1.165) is 5.56 Å². The van der Waals surface area contributed by atoms with Gasteiger partial charge < -0.3 is 9.63 Å². The summed E-state index contributed by atoms with van der Waals surface area (Å²) >= 11 is 0. The van der Waals surface area contributed by atoms with E-state index in [9.17, 15) is 9.59 Å². The number of aromatic nitrogens is 3. The molecule has 2 rings (SSSR count). The van der Waals surface area contributed by atoms with Gasteiger partial charge >= 0.3 is 11.7 Å². The summed E-state index contributed by atoms with van der Waals surface area (Å²) in [6.45, 7) is 1.90. The third-order valence-electron chi connectivity index (χ3n) is 2.09. The molecule has 2 heterocycles. The number of aryl methyl sites for hydroxylation is 1. The second kappa shape index (κ2) is 4.20. The van der Waals surface area contributed by atoms with Crippen molar-refractivity contribution >= 4 is 5.97 Å². The van der Waals surface area contributed by atoms with Crippen LogP contribution in [0.1, 0.15) is 21.8 Å². The summed E-state index contributed by atoms with van der Waals surface area (Å²) in [4.78, 5) is 25.6. The SMILES string of the molecule is Cc1cnc(=O)n(Cc2cc(C(=O)O)no2)c1. The number of carboxylic acid groups (broad SMARTS) is 1. The number of nitrogens with zero attached hydrogens (tertiary/aromatic N) is 3. The maximum atomic E-state index is 11.4. The van der Waals surface area contributed by atoms with E-state index < -0.39 is 11.7 Å². The number of rotatable bonds is 3. The second-order valence-corrected chi connectivity index (χ2v) is 3.53. The number of aromatic carboxylic acids is 1. The van der Waals surface area contributed by atoms with Gasteiger partial charge in [-0.05, 0) is 12.5 Å². The smallest absolute Gasteiger partial charge is 0.358 e. The van der Waals surface area contributed by atoms with Gasteiger partial charge in [0.2, 0.25) is 0 Å². The molecule has 2 aromatic rings. The Morgan fingerprint density at radius 2 is 2.35 bits per heavy atom. The monoisotopic (exact) mass is 235 g/mol. The minimum Gasteiger partial charge on any atom is -0.476 e. The number of hydrogen-bond acceptors (Lipinski definition) is 5. The normalized spacial score (nSPS) is 10.4. The average Bonchev–Trinajstić information content (AvgIpc) is 2.72. The fourth-order valence-corrected chi connectivity index (χ4v) is 1.34. The predicted molar refractivity (Wildman–Crippen MR) is 55.8 cm³/mol. The maximum Gasteiger partial charge on any atom is 0.358 e. The lowest BCUT2D eigenvalue weighted by Gasteiger charge is -2.01. The molecule has 2 aromatic heterocycles. The number of hydrogen-bond donors (Lipinski definition) is 1. The van der Waals surface area contributed by atoms with Crippen LogP contribution in [0.2, 0.25) is 0 Å². The van der Waals surface area contributed by atoms with Crippen LogP contribution < -0.4 is 5.69 Å². The van der Waals surface area contributed by atoms with Crippen LogP contribution in [-0.4, -0.2) is 25.8 Å². The molecule has 0 aromatic carbocycles. The van der Waals surface area contributed by atoms with E-state index in [0.29, 0.717) is 0 Å². The first-order valence-corrected chi connectivity index (χ1v) is 4.78. The largest absolute Gasteiger partial charge is 0.476 e. The van der Waals surface area contributed by atoms with E-state index in [-0.39, 0.29) is 18.0 Å². The van der Waals surface area contributed by atoms with Crippen molar-refractivity contribution in [1.29, 1.82) is 0 Å². The zero-order chi connectivity index (χ0) is 12.4. The molecule has 0 spiro atoms. The van der Waals surface area contributed by atoms with E-state index >= 15 is 0 Å². The van der Waals surface area contributed by atoms with Crippen molar-refractivity contribution in [3.05, 3.63) is 46.0 Å². The van der Waals surface area contributed by atoms with E-state index in [2.05, 4.69) is 10.1 Å². The molecule has 0 aliphatic heterocycles. The molecule has 0 saturated carbocycles. The van der Waals surface area contributed by atoms with Crippen LogP contribution in [0.5, 0.6) is 0 Å². The Hall–Kier alpha value is -2.44. The lowest BCUT2D eigenvalue weighted by atomic mass is 10.3. The Bertz CT molecular complexity index is 614. The molecule has 0 fully saturated rings. The molecule has 17 heavy (non-hydrogen) atoms. The van der Waals surface area contributed by atoms with Gasteiger partial charge in [-0.3, -0.25) is 4.57 Å². The van der Waals surface area contributed by atoms with Crippen LogP contribution >= 0.6 is 0 Å². The third kappa shape index (κ3) is 2.39. The quantitative estimate of drug-likeness (QED) is 0.820. The lowest BCUT2D eigenvalue weighted by molar-refractivity contribution is 0.0685. The number of carbonyl (C=O) groups is 1. The first-order chi connectivity index (χ1) is 8.06. The minimum absolute atomic E-state index is 0.105. The zero-order valence-electron chi connectivity index (χ0n) is 8.95. The summed E-state index contributed by atoms with van der Waals surface area (Å²) in [6, 6.07) is 1.27. The Balaban J connectivity index is 2.28. The van der Waals surface area contributed by atoms with Crippen LogP contribution in [0.3, 0.4) is 0 Å². The molecule has 0 unspecified atom stereocenters. The lowest BCUT2D eigenvalue weighted by Crippen LogP contribution is -2.22. The standard InChI is InChI=1S/C10H9N3O4/c1-6-3-11-10(16)13(4-6)5-7-2-8(9(14)15)12-17-7/h2-4H,5H2,1H3,(H,14,15). The Labute approximate surface area is 95.3 Å². The van der Waals surface area contributed by atoms with E-state index in [1.807, 2.05) is 0 Å². The molecule has 0 amide bonds. The summed E-state index contributed by atoms with van der Waals surface area (Å²) in [5.74, 6) is -0.883. The molecule has 0 bridgehead atoms. The summed E-state index contributed by atoms with van der Waals surface area (Å²) in [7, 11) is 0. The Morgan fingerprint density at radius 3 is 3.00 bits per heavy atom. The van der Waals surface area contributed by atoms with Crippen molar-refractivity contribution < 1.29 is 14.4 Å². The molecule has 0 atom stereocenters. The van der Waals surface area contributed by atoms with Gasteiger partial charge in [-0.25, -0.2) is 14.6 Å². The van der Waals surface area contributed by atoms with Crippen molar-refractivity contribution in [3.63, 3.8) is 0 Å². The van der Waals surface area contributed by atoms with Crippen molar-refractivity contribution in [2.24, 2.45) is 0 Å². The van der Waals surface area contributed by atoms with Crippen LogP contribution in [0, 0.1) is 6.92 Å². The predicted octanol–water partition coefficient (Wildman–Crippen LogP) is 0.286. The molecule has 88 valence electrons. The summed E-state index contributed by atoms with van der Waals surface area (Å²) in [6.07, 6.45) is 3.07. The molecule has 0 radical (unpaired) electrons. The van der Waals surface area contributed by atoms with Crippen molar-refractivity contribution in [3.8, 4) is 0 Å². The highest BCUT2D eigenvalue weighted by Crippen LogP contribution is 2.05. The molecule has 7 nitrogen and oxygen atoms in total. The molecule has 0 aliphatic rings. The molecule has 0 saturated heterocycles. The molecular formula is C10H9N3O4. The fourth-order valence-electron chi connectivity index (χ4n) is 1.34. The summed E-state index contributed by atoms with van der Waals surface area (Å²) in [5, 5.41) is 12.0. The van der Waals surface area contributed by atoms with Gasteiger partial charge in [-0.2, -0.15) is 0 Å². The van der Waals surface area contributed by atoms with E-state index in [1.54, 1.807) is 13.1 Å². The second-order valence-electron chi connectivity index (χ2n) is 3.53. The van der Waals surface area contributed by atoms with Crippen molar-refractivity contribution in [2.75, 3.05) is 0 Å². The minimum atomic E-state index is -1.17. The zero-order valence-corrected chi connectivity index (χ0v) is 8.95. The topological polar surface area (TPSA) is 98.2 Å². The highest BCUT2D eigenvalue weighted by atomic mass is 16.5. The first-order valence-electron chi connectivity index (χ1n) is 4.78. The fraction of sp³-hybridized carbons (Fsp3) is 0.200. The van der Waals surface area contributed by atoms with Gasteiger partial charge in [-0.15, -0.1) is 0 Å². The van der Waals surface area contributed by atoms with Crippen LogP contribution in [0.25, 0.3) is 0 Å². The van der Waals surface area contributed by atoms with Crippen LogP contribution in [-0.2, 0) is 6.54 Å². The van der Waals surface area contributed by atoms with E-state index in [1.165, 1.54) is 16.8 Å². The number of carboxylic acids is 1. The molecular weight excluding hydrogens is 226 g/mol. The van der Waals surface area contributed by atoms with Gasteiger partial charge in [0.1, 0.15) is 0 Å². The average molecular weight is 235 g/mol. The van der Waals surface area contributed by atoms with Gasteiger partial charge in [0.15, 0.2) is 11.5 Å². The first kappa shape index (κ1) is 11.1. The highest BCUT2D eigenvalue weighted by molar-refractivity contribution is 5.85. The van der Waals surface area contributed by atoms with Crippen molar-refractivity contribution in [1.82, 2.24) is 14.7 Å². The Kier molecular flexibility index (Phi) is 2.73. The highest BCUT2D eigenvalue weighted by Gasteiger charge is 2.11. The molecule has 0 aliphatic carbocycles. The van der Waals surface area contributed by atoms with Gasteiger partial charge in [0, 0.05) is 18.5 Å². The van der Waals surface area contributed by atoms with Crippen molar-refractivity contribution in [2.45, 2.75) is 13.5 Å². The summed E-state index contributed by atoms with van der Waals surface area (Å²) < 4.78 is 6.13. The molecule has 7 heteroatoms.